The van der Waals surface area contributed by atoms with E-state index in [1.165, 1.54) is 0 Å². The lowest BCUT2D eigenvalue weighted by atomic mass is 10.3. The number of nitrogens with zero attached hydrogens (tertiary/aromatic N) is 4. The second-order valence-corrected chi connectivity index (χ2v) is 4.83. The maximum absolute atomic E-state index is 10.1. The van der Waals surface area contributed by atoms with E-state index in [0.717, 1.165) is 18.7 Å². The number of aliphatic hydroxyl groups is 1. The van der Waals surface area contributed by atoms with Gasteiger partial charge in [0, 0.05) is 6.54 Å². The Labute approximate surface area is 129 Å². The Morgan fingerprint density at radius 1 is 1.40 bits per heavy atom. The maximum Gasteiger partial charge on any atom is 0.157 e. The van der Waals surface area contributed by atoms with Crippen LogP contribution in [0.2, 0.25) is 0 Å². The molecule has 0 aliphatic carbocycles. The summed E-state index contributed by atoms with van der Waals surface area (Å²) in [6.07, 6.45) is 2.80. The van der Waals surface area contributed by atoms with Gasteiger partial charge in [-0.2, -0.15) is 0 Å². The number of hydrogen-bond donors (Lipinski definition) is 2. The van der Waals surface area contributed by atoms with E-state index in [9.17, 15) is 5.11 Å². The Morgan fingerprint density at radius 2 is 2.10 bits per heavy atom. The first-order valence-corrected chi connectivity index (χ1v) is 6.85. The van der Waals surface area contributed by atoms with Crippen LogP contribution in [-0.4, -0.2) is 55.3 Å². The highest BCUT2D eigenvalue weighted by molar-refractivity contribution is 7.71. The van der Waals surface area contributed by atoms with Crippen molar-refractivity contribution < 1.29 is 5.11 Å². The van der Waals surface area contributed by atoms with Crippen LogP contribution in [0.1, 0.15) is 13.8 Å². The lowest BCUT2D eigenvalue weighted by molar-refractivity contribution is 0.104. The zero-order chi connectivity index (χ0) is 13.8. The minimum absolute atomic E-state index is 0. The van der Waals surface area contributed by atoms with Crippen LogP contribution in [0.15, 0.2) is 12.7 Å². The first kappa shape index (κ1) is 17.0. The Bertz CT molecular complexity index is 595. The predicted molar refractivity (Wildman–Crippen MR) is 83.8 cm³/mol. The zero-order valence-electron chi connectivity index (χ0n) is 11.6. The van der Waals surface area contributed by atoms with Gasteiger partial charge in [-0.25, -0.2) is 9.97 Å². The van der Waals surface area contributed by atoms with Crippen molar-refractivity contribution in [3.05, 3.63) is 17.3 Å². The van der Waals surface area contributed by atoms with Crippen LogP contribution in [0.3, 0.4) is 0 Å². The summed E-state index contributed by atoms with van der Waals surface area (Å²) in [5.74, 6) is 0. The van der Waals surface area contributed by atoms with Crippen LogP contribution >= 0.6 is 24.6 Å². The number of nitrogens with one attached hydrogen (secondary N) is 1. The quantitative estimate of drug-likeness (QED) is 0.792. The molecule has 6 nitrogen and oxygen atoms in total. The molecule has 112 valence electrons. The highest BCUT2D eigenvalue weighted by Gasteiger charge is 2.12. The van der Waals surface area contributed by atoms with Crippen LogP contribution in [-0.2, 0) is 6.54 Å². The summed E-state index contributed by atoms with van der Waals surface area (Å²) >= 11 is 5.11. The molecule has 1 unspecified atom stereocenters. The van der Waals surface area contributed by atoms with Crippen LogP contribution in [0.25, 0.3) is 11.2 Å². The molecule has 2 aromatic rings. The molecule has 0 amide bonds. The van der Waals surface area contributed by atoms with Gasteiger partial charge < -0.3 is 19.6 Å². The van der Waals surface area contributed by atoms with Gasteiger partial charge in [0.1, 0.15) is 11.2 Å². The third-order valence-corrected chi connectivity index (χ3v) is 3.49. The maximum atomic E-state index is 10.1. The van der Waals surface area contributed by atoms with Crippen molar-refractivity contribution >= 4 is 35.8 Å². The summed E-state index contributed by atoms with van der Waals surface area (Å²) < 4.78 is 2.35. The van der Waals surface area contributed by atoms with Gasteiger partial charge in [-0.1, -0.05) is 26.1 Å². The SMILES string of the molecule is CCN(CC)CC(O)Cn1cnc2c(=S)nc[nH]c21.Cl. The molecule has 0 fully saturated rings. The molecule has 2 N–H and O–H groups in total. The smallest absolute Gasteiger partial charge is 0.157 e. The molecule has 0 aliphatic heterocycles. The second kappa shape index (κ2) is 7.68. The largest absolute Gasteiger partial charge is 0.390 e. The number of aromatic nitrogens is 4. The van der Waals surface area contributed by atoms with Gasteiger partial charge in [0.15, 0.2) is 4.64 Å². The Morgan fingerprint density at radius 3 is 2.75 bits per heavy atom. The van der Waals surface area contributed by atoms with Crippen molar-refractivity contribution in [3.8, 4) is 0 Å². The molecule has 8 heteroatoms. The standard InChI is InChI=1S/C12H19N5OS.ClH/c1-3-16(4-2)5-9(18)6-17-8-15-10-11(17)13-7-14-12(10)19;/h7-9,18H,3-6H2,1-2H3,(H,13,14,19);1H. The molecular formula is C12H20ClN5OS. The van der Waals surface area contributed by atoms with Crippen LogP contribution in [0.5, 0.6) is 0 Å². The first-order valence-electron chi connectivity index (χ1n) is 6.44. The summed E-state index contributed by atoms with van der Waals surface area (Å²) in [6.45, 7) is 7.19. The van der Waals surface area contributed by atoms with Gasteiger partial charge in [0.05, 0.1) is 25.3 Å². The lowest BCUT2D eigenvalue weighted by Crippen LogP contribution is -2.34. The monoisotopic (exact) mass is 317 g/mol. The number of aliphatic hydroxyl groups excluding tert-OH is 1. The van der Waals surface area contributed by atoms with Crippen molar-refractivity contribution in [2.45, 2.75) is 26.5 Å². The molecule has 0 bridgehead atoms. The van der Waals surface area contributed by atoms with E-state index in [-0.39, 0.29) is 12.4 Å². The van der Waals surface area contributed by atoms with Crippen LogP contribution < -0.4 is 0 Å². The normalized spacial score (nSPS) is 12.6. The molecule has 20 heavy (non-hydrogen) atoms. The van der Waals surface area contributed by atoms with E-state index >= 15 is 0 Å². The van der Waals surface area contributed by atoms with Crippen LogP contribution in [0.4, 0.5) is 0 Å². The third-order valence-electron chi connectivity index (χ3n) is 3.19. The number of hydrogen-bond acceptors (Lipinski definition) is 5. The fourth-order valence-corrected chi connectivity index (χ4v) is 2.31. The molecule has 0 aliphatic rings. The van der Waals surface area contributed by atoms with Crippen LogP contribution in [0, 0.1) is 4.64 Å². The number of likely N-dealkylation sites (N-methyl/N-ethyl adjacent to an activating group) is 1. The minimum Gasteiger partial charge on any atom is -0.390 e. The highest BCUT2D eigenvalue weighted by Crippen LogP contribution is 2.10. The second-order valence-electron chi connectivity index (χ2n) is 4.44. The molecule has 2 aromatic heterocycles. The number of imidazole rings is 1. The van der Waals surface area contributed by atoms with Crippen molar-refractivity contribution in [3.63, 3.8) is 0 Å². The van der Waals surface area contributed by atoms with Crippen molar-refractivity contribution in [1.29, 1.82) is 0 Å². The van der Waals surface area contributed by atoms with Gasteiger partial charge in [-0.05, 0) is 13.1 Å². The molecular weight excluding hydrogens is 298 g/mol. The van der Waals surface area contributed by atoms with Crippen molar-refractivity contribution in [2.75, 3.05) is 19.6 Å². The Kier molecular flexibility index (Phi) is 6.54. The van der Waals surface area contributed by atoms with E-state index in [0.29, 0.717) is 23.2 Å². The molecule has 0 saturated carbocycles. The average Bonchev–Trinajstić information content (AvgIpc) is 2.81. The molecule has 0 radical (unpaired) electrons. The molecule has 1 atom stereocenters. The number of fused-ring (bicyclic) bond motifs is 1. The van der Waals surface area contributed by atoms with Crippen molar-refractivity contribution in [1.82, 2.24) is 24.4 Å². The summed E-state index contributed by atoms with van der Waals surface area (Å²) in [5, 5.41) is 10.1. The molecule has 0 saturated heterocycles. The van der Waals surface area contributed by atoms with E-state index < -0.39 is 6.10 Å². The zero-order valence-corrected chi connectivity index (χ0v) is 13.2. The van der Waals surface area contributed by atoms with E-state index in [1.54, 1.807) is 12.7 Å². The molecule has 2 heterocycles. The number of halogens is 1. The van der Waals surface area contributed by atoms with Gasteiger partial charge in [-0.3, -0.25) is 0 Å². The lowest BCUT2D eigenvalue weighted by Gasteiger charge is -2.22. The summed E-state index contributed by atoms with van der Waals surface area (Å²) in [6, 6.07) is 0. The third kappa shape index (κ3) is 3.76. The summed E-state index contributed by atoms with van der Waals surface area (Å²) in [7, 11) is 0. The summed E-state index contributed by atoms with van der Waals surface area (Å²) in [5.41, 5.74) is 1.48. The van der Waals surface area contributed by atoms with Gasteiger partial charge >= 0.3 is 0 Å². The molecule has 2 rings (SSSR count). The highest BCUT2D eigenvalue weighted by atomic mass is 35.5. The van der Waals surface area contributed by atoms with E-state index in [4.69, 9.17) is 12.2 Å². The predicted octanol–water partition coefficient (Wildman–Crippen LogP) is 1.61. The summed E-state index contributed by atoms with van der Waals surface area (Å²) in [4.78, 5) is 13.4. The number of rotatable bonds is 6. The minimum atomic E-state index is -0.438. The molecule has 0 aromatic carbocycles. The van der Waals surface area contributed by atoms with Crippen molar-refractivity contribution in [2.24, 2.45) is 0 Å². The topological polar surface area (TPSA) is 70.0 Å². The van der Waals surface area contributed by atoms with Gasteiger partial charge in [0.2, 0.25) is 0 Å². The number of H-pyrrole nitrogens is 1. The Hall–Kier alpha value is -1.02. The average molecular weight is 318 g/mol. The van der Waals surface area contributed by atoms with E-state index in [1.807, 2.05) is 4.57 Å². The first-order chi connectivity index (χ1) is 9.15. The van der Waals surface area contributed by atoms with Gasteiger partial charge in [-0.15, -0.1) is 12.4 Å². The van der Waals surface area contributed by atoms with Gasteiger partial charge in [0.25, 0.3) is 0 Å². The fourth-order valence-electron chi connectivity index (χ4n) is 2.11. The van der Waals surface area contributed by atoms with E-state index in [2.05, 4.69) is 33.7 Å². The number of aromatic amines is 1. The Balaban J connectivity index is 0.00000200. The fraction of sp³-hybridized carbons (Fsp3) is 0.583. The molecule has 0 spiro atoms.